The van der Waals surface area contributed by atoms with Crippen molar-refractivity contribution in [3.8, 4) is 5.75 Å². The number of nitrogens with zero attached hydrogens (tertiary/aromatic N) is 1. The number of aliphatic imine (C=N–C) groups is 1. The maximum absolute atomic E-state index is 5.78. The Labute approximate surface area is 151 Å². The Morgan fingerprint density at radius 2 is 2.24 bits per heavy atom. The summed E-state index contributed by atoms with van der Waals surface area (Å²) in [6.07, 6.45) is 2.19. The molecule has 0 bridgehead atoms. The largest absolute Gasteiger partial charge is 0.497 e. The number of hydrogen-bond donors (Lipinski definition) is 2. The van der Waals surface area contributed by atoms with E-state index in [0.717, 1.165) is 43.3 Å². The van der Waals surface area contributed by atoms with Gasteiger partial charge in [0.05, 0.1) is 32.5 Å². The van der Waals surface area contributed by atoms with Gasteiger partial charge in [-0.25, -0.2) is 0 Å². The Morgan fingerprint density at radius 3 is 2.96 bits per heavy atom. The molecule has 1 aliphatic rings. The Hall–Kier alpha value is -1.79. The fourth-order valence-corrected chi connectivity index (χ4v) is 2.74. The van der Waals surface area contributed by atoms with E-state index >= 15 is 0 Å². The number of methoxy groups -OCH3 is 1. The number of nitrogens with one attached hydrogen (secondary N) is 2. The van der Waals surface area contributed by atoms with Crippen LogP contribution in [0.5, 0.6) is 5.75 Å². The summed E-state index contributed by atoms with van der Waals surface area (Å²) < 4.78 is 16.7. The fraction of sp³-hybridized carbons (Fsp3) is 0.632. The zero-order chi connectivity index (χ0) is 18.0. The van der Waals surface area contributed by atoms with Crippen molar-refractivity contribution in [3.63, 3.8) is 0 Å². The van der Waals surface area contributed by atoms with Gasteiger partial charge in [0, 0.05) is 19.7 Å². The topological polar surface area (TPSA) is 64.1 Å². The van der Waals surface area contributed by atoms with Crippen LogP contribution in [0, 0.1) is 0 Å². The summed E-state index contributed by atoms with van der Waals surface area (Å²) in [7, 11) is 1.67. The summed E-state index contributed by atoms with van der Waals surface area (Å²) in [6, 6.07) is 7.92. The van der Waals surface area contributed by atoms with Crippen molar-refractivity contribution in [2.45, 2.75) is 38.9 Å². The van der Waals surface area contributed by atoms with E-state index in [2.05, 4.69) is 29.5 Å². The van der Waals surface area contributed by atoms with E-state index in [1.165, 1.54) is 0 Å². The van der Waals surface area contributed by atoms with Gasteiger partial charge in [0.1, 0.15) is 5.75 Å². The molecule has 25 heavy (non-hydrogen) atoms. The van der Waals surface area contributed by atoms with Gasteiger partial charge in [-0.05, 0) is 44.4 Å². The van der Waals surface area contributed by atoms with E-state index in [1.54, 1.807) is 7.11 Å². The predicted octanol–water partition coefficient (Wildman–Crippen LogP) is 2.34. The number of rotatable bonds is 9. The summed E-state index contributed by atoms with van der Waals surface area (Å²) in [4.78, 5) is 4.64. The minimum atomic E-state index is -0.120. The Balaban J connectivity index is 1.69. The summed E-state index contributed by atoms with van der Waals surface area (Å²) in [5.41, 5.74) is 0.983. The third-order valence-electron chi connectivity index (χ3n) is 4.16. The van der Waals surface area contributed by atoms with Gasteiger partial charge in [-0.1, -0.05) is 12.1 Å². The summed E-state index contributed by atoms with van der Waals surface area (Å²) in [5.74, 6) is 1.66. The monoisotopic (exact) mass is 349 g/mol. The highest BCUT2D eigenvalue weighted by Crippen LogP contribution is 2.24. The molecule has 0 aromatic heterocycles. The first-order chi connectivity index (χ1) is 12.1. The van der Waals surface area contributed by atoms with Crippen LogP contribution in [0.25, 0.3) is 0 Å². The van der Waals surface area contributed by atoms with Crippen LogP contribution in [0.3, 0.4) is 0 Å². The first-order valence-corrected chi connectivity index (χ1v) is 9.02. The highest BCUT2D eigenvalue weighted by Gasteiger charge is 2.29. The smallest absolute Gasteiger partial charge is 0.191 e. The number of hydrogen-bond acceptors (Lipinski definition) is 4. The van der Waals surface area contributed by atoms with Crippen LogP contribution >= 0.6 is 0 Å². The van der Waals surface area contributed by atoms with Crippen LogP contribution in [0.4, 0.5) is 0 Å². The second-order valence-electron chi connectivity index (χ2n) is 6.43. The molecule has 140 valence electrons. The van der Waals surface area contributed by atoms with Gasteiger partial charge >= 0.3 is 0 Å². The van der Waals surface area contributed by atoms with Crippen LogP contribution in [0.15, 0.2) is 29.3 Å². The number of benzene rings is 1. The zero-order valence-electron chi connectivity index (χ0n) is 15.6. The lowest BCUT2D eigenvalue weighted by Crippen LogP contribution is -2.40. The van der Waals surface area contributed by atoms with Crippen molar-refractivity contribution >= 4 is 5.96 Å². The van der Waals surface area contributed by atoms with Gasteiger partial charge in [-0.2, -0.15) is 0 Å². The maximum atomic E-state index is 5.78. The molecule has 0 radical (unpaired) electrons. The summed E-state index contributed by atoms with van der Waals surface area (Å²) in [6.45, 7) is 8.41. The van der Waals surface area contributed by atoms with Gasteiger partial charge in [-0.15, -0.1) is 0 Å². The van der Waals surface area contributed by atoms with Crippen molar-refractivity contribution in [3.05, 3.63) is 29.8 Å². The van der Waals surface area contributed by atoms with E-state index in [0.29, 0.717) is 26.3 Å². The quantitative estimate of drug-likeness (QED) is 0.407. The minimum absolute atomic E-state index is 0.120. The zero-order valence-corrected chi connectivity index (χ0v) is 15.6. The standard InChI is InChI=1S/C19H31N3O3/c1-4-20-18(22-15-19(2)9-6-11-25-19)21-10-12-24-14-16-7-5-8-17(13-16)23-3/h5,7-8,13H,4,6,9-12,14-15H2,1-3H3,(H2,20,21,22). The molecule has 2 N–H and O–H groups in total. The highest BCUT2D eigenvalue weighted by molar-refractivity contribution is 5.79. The molecule has 0 spiro atoms. The van der Waals surface area contributed by atoms with Crippen molar-refractivity contribution in [1.29, 1.82) is 0 Å². The second-order valence-corrected chi connectivity index (χ2v) is 6.43. The van der Waals surface area contributed by atoms with Gasteiger partial charge in [0.15, 0.2) is 5.96 Å². The highest BCUT2D eigenvalue weighted by atomic mass is 16.5. The van der Waals surface area contributed by atoms with E-state index in [-0.39, 0.29) is 5.60 Å². The molecule has 1 saturated heterocycles. The van der Waals surface area contributed by atoms with Gasteiger partial charge in [-0.3, -0.25) is 4.99 Å². The molecule has 6 nitrogen and oxygen atoms in total. The third-order valence-corrected chi connectivity index (χ3v) is 4.16. The first-order valence-electron chi connectivity index (χ1n) is 9.02. The van der Waals surface area contributed by atoms with Crippen molar-refractivity contribution in [2.24, 2.45) is 4.99 Å². The van der Waals surface area contributed by atoms with E-state index < -0.39 is 0 Å². The minimum Gasteiger partial charge on any atom is -0.497 e. The SMILES string of the molecule is CCNC(=NCC1(C)CCCO1)NCCOCc1cccc(OC)c1. The molecular weight excluding hydrogens is 318 g/mol. The van der Waals surface area contributed by atoms with Crippen molar-refractivity contribution < 1.29 is 14.2 Å². The predicted molar refractivity (Wildman–Crippen MR) is 100 cm³/mol. The van der Waals surface area contributed by atoms with E-state index in [1.807, 2.05) is 24.3 Å². The molecule has 1 aromatic carbocycles. The van der Waals surface area contributed by atoms with Crippen LogP contribution in [0.2, 0.25) is 0 Å². The molecule has 6 heteroatoms. The molecule has 1 unspecified atom stereocenters. The molecule has 0 aliphatic carbocycles. The lowest BCUT2D eigenvalue weighted by molar-refractivity contribution is 0.0283. The van der Waals surface area contributed by atoms with Crippen LogP contribution < -0.4 is 15.4 Å². The summed E-state index contributed by atoms with van der Waals surface area (Å²) >= 11 is 0. The molecule has 1 fully saturated rings. The average Bonchev–Trinajstić information content (AvgIpc) is 3.06. The van der Waals surface area contributed by atoms with Crippen LogP contribution in [0.1, 0.15) is 32.3 Å². The molecule has 1 aliphatic heterocycles. The Bertz CT molecular complexity index is 542. The molecule has 0 amide bonds. The number of ether oxygens (including phenoxy) is 3. The van der Waals surface area contributed by atoms with Crippen LogP contribution in [-0.4, -0.2) is 51.5 Å². The Kier molecular flexibility index (Phi) is 8.01. The second kappa shape index (κ2) is 10.3. The first kappa shape index (κ1) is 19.5. The van der Waals surface area contributed by atoms with E-state index in [9.17, 15) is 0 Å². The van der Waals surface area contributed by atoms with Gasteiger partial charge in [0.2, 0.25) is 0 Å². The van der Waals surface area contributed by atoms with E-state index in [4.69, 9.17) is 14.2 Å². The molecule has 0 saturated carbocycles. The lowest BCUT2D eigenvalue weighted by Gasteiger charge is -2.21. The molecular formula is C19H31N3O3. The van der Waals surface area contributed by atoms with Gasteiger partial charge < -0.3 is 24.8 Å². The van der Waals surface area contributed by atoms with Crippen molar-refractivity contribution in [1.82, 2.24) is 10.6 Å². The maximum Gasteiger partial charge on any atom is 0.191 e. The molecule has 1 aromatic rings. The summed E-state index contributed by atoms with van der Waals surface area (Å²) in [5, 5.41) is 6.56. The van der Waals surface area contributed by atoms with Gasteiger partial charge in [0.25, 0.3) is 0 Å². The lowest BCUT2D eigenvalue weighted by atomic mass is 10.0. The Morgan fingerprint density at radius 1 is 1.36 bits per heavy atom. The van der Waals surface area contributed by atoms with Crippen molar-refractivity contribution in [2.75, 3.05) is 40.0 Å². The normalized spacial score (nSPS) is 20.5. The van der Waals surface area contributed by atoms with Crippen LogP contribution in [-0.2, 0) is 16.1 Å². The average molecular weight is 349 g/mol. The molecule has 2 rings (SSSR count). The number of guanidine groups is 1. The fourth-order valence-electron chi connectivity index (χ4n) is 2.74. The molecule has 1 atom stereocenters. The molecule has 1 heterocycles. The third kappa shape index (κ3) is 6.92.